The third kappa shape index (κ3) is 3.51. The summed E-state index contributed by atoms with van der Waals surface area (Å²) in [5, 5.41) is 3.56. The fourth-order valence-corrected chi connectivity index (χ4v) is 3.87. The summed E-state index contributed by atoms with van der Waals surface area (Å²) in [6, 6.07) is 1.65. The van der Waals surface area contributed by atoms with Crippen LogP contribution < -0.4 is 5.32 Å². The first-order valence-electron chi connectivity index (χ1n) is 8.17. The molecule has 24 heavy (non-hydrogen) atoms. The molecule has 0 spiro atoms. The lowest BCUT2D eigenvalue weighted by atomic mass is 9.97. The molecule has 2 amide bonds. The number of hydrogen-bond donors (Lipinski definition) is 1. The Labute approximate surface area is 144 Å². The number of nitrogens with zero attached hydrogens (tertiary/aromatic N) is 2. The van der Waals surface area contributed by atoms with Gasteiger partial charge in [-0.15, -0.1) is 11.3 Å². The van der Waals surface area contributed by atoms with E-state index in [2.05, 4.69) is 10.3 Å². The Kier molecular flexibility index (Phi) is 4.99. The molecule has 1 fully saturated rings. The Morgan fingerprint density at radius 1 is 1.50 bits per heavy atom. The van der Waals surface area contributed by atoms with Gasteiger partial charge >= 0.3 is 0 Å². The van der Waals surface area contributed by atoms with Gasteiger partial charge in [0, 0.05) is 18.0 Å². The minimum absolute atomic E-state index is 0.0592. The second-order valence-corrected chi connectivity index (χ2v) is 7.17. The molecule has 1 saturated heterocycles. The van der Waals surface area contributed by atoms with E-state index in [-0.39, 0.29) is 17.7 Å². The quantitative estimate of drug-likeness (QED) is 0.922. The van der Waals surface area contributed by atoms with Crippen LogP contribution in [0.15, 0.2) is 23.0 Å². The van der Waals surface area contributed by atoms with E-state index in [4.69, 9.17) is 4.42 Å². The smallest absolute Gasteiger partial charge is 0.257 e. The number of amides is 2. The number of thiazole rings is 1. The fourth-order valence-electron chi connectivity index (χ4n) is 2.96. The zero-order valence-electron chi connectivity index (χ0n) is 13.9. The molecule has 1 aliphatic heterocycles. The lowest BCUT2D eigenvalue weighted by molar-refractivity contribution is -0.121. The Bertz CT molecular complexity index is 724. The maximum absolute atomic E-state index is 12.5. The third-order valence-corrected chi connectivity index (χ3v) is 5.23. The summed E-state index contributed by atoms with van der Waals surface area (Å²) in [5.41, 5.74) is 1.55. The van der Waals surface area contributed by atoms with E-state index < -0.39 is 0 Å². The summed E-state index contributed by atoms with van der Waals surface area (Å²) in [6.07, 6.45) is 5.38. The molecule has 1 N–H and O–H groups in total. The molecule has 2 aromatic rings. The van der Waals surface area contributed by atoms with Gasteiger partial charge in [0.2, 0.25) is 5.91 Å². The summed E-state index contributed by atoms with van der Waals surface area (Å²) in [5.74, 6) is -0.348. The molecule has 1 unspecified atom stereocenters. The zero-order valence-corrected chi connectivity index (χ0v) is 14.7. The number of carbonyl (C=O) groups excluding carboxylic acids is 2. The molecule has 7 heteroatoms. The van der Waals surface area contributed by atoms with Crippen LogP contribution in [0.3, 0.4) is 0 Å². The highest BCUT2D eigenvalue weighted by atomic mass is 32.1. The average molecular weight is 347 g/mol. The van der Waals surface area contributed by atoms with Crippen LogP contribution in [0.5, 0.6) is 0 Å². The number of aromatic nitrogens is 1. The van der Waals surface area contributed by atoms with E-state index in [1.807, 2.05) is 13.8 Å². The highest BCUT2D eigenvalue weighted by molar-refractivity contribution is 7.15. The predicted octanol–water partition coefficient (Wildman–Crippen LogP) is 3.10. The molecule has 0 radical (unpaired) electrons. The first kappa shape index (κ1) is 16.7. The summed E-state index contributed by atoms with van der Waals surface area (Å²) in [6.45, 7) is 5.16. The summed E-state index contributed by atoms with van der Waals surface area (Å²) >= 11 is 1.50. The number of likely N-dealkylation sites (tertiary alicyclic amines) is 1. The molecule has 3 heterocycles. The normalized spacial score (nSPS) is 17.8. The van der Waals surface area contributed by atoms with Gasteiger partial charge in [-0.05, 0) is 32.3 Å². The second-order valence-electron chi connectivity index (χ2n) is 5.97. The number of furan rings is 1. The number of aryl methyl sites for hydroxylation is 2. The van der Waals surface area contributed by atoms with E-state index in [0.717, 1.165) is 29.8 Å². The molecule has 1 aliphatic rings. The van der Waals surface area contributed by atoms with E-state index in [1.54, 1.807) is 11.0 Å². The van der Waals surface area contributed by atoms with Crippen LogP contribution in [0, 0.1) is 12.8 Å². The van der Waals surface area contributed by atoms with Crippen molar-refractivity contribution in [2.45, 2.75) is 33.1 Å². The molecule has 1 atom stereocenters. The monoisotopic (exact) mass is 347 g/mol. The molecule has 6 nitrogen and oxygen atoms in total. The summed E-state index contributed by atoms with van der Waals surface area (Å²) in [4.78, 5) is 32.2. The average Bonchev–Trinajstić information content (AvgIpc) is 3.24. The largest absolute Gasteiger partial charge is 0.472 e. The maximum Gasteiger partial charge on any atom is 0.257 e. The third-order valence-electron chi connectivity index (χ3n) is 4.31. The van der Waals surface area contributed by atoms with E-state index in [0.29, 0.717) is 23.8 Å². The Balaban J connectivity index is 1.63. The highest BCUT2D eigenvalue weighted by Gasteiger charge is 2.29. The van der Waals surface area contributed by atoms with Crippen molar-refractivity contribution in [1.29, 1.82) is 0 Å². The van der Waals surface area contributed by atoms with Crippen LogP contribution in [0.2, 0.25) is 0 Å². The van der Waals surface area contributed by atoms with Crippen LogP contribution in [0.4, 0.5) is 5.13 Å². The molecule has 0 bridgehead atoms. The molecular weight excluding hydrogens is 326 g/mol. The van der Waals surface area contributed by atoms with Crippen molar-refractivity contribution in [3.63, 3.8) is 0 Å². The van der Waals surface area contributed by atoms with E-state index in [9.17, 15) is 9.59 Å². The first-order chi connectivity index (χ1) is 11.6. The van der Waals surface area contributed by atoms with Crippen molar-refractivity contribution in [3.8, 4) is 0 Å². The first-order valence-corrected chi connectivity index (χ1v) is 8.98. The second kappa shape index (κ2) is 7.17. The molecule has 3 rings (SSSR count). The molecule has 2 aromatic heterocycles. The minimum Gasteiger partial charge on any atom is -0.472 e. The van der Waals surface area contributed by atoms with Crippen LogP contribution >= 0.6 is 11.3 Å². The summed E-state index contributed by atoms with van der Waals surface area (Å²) in [7, 11) is 0. The number of piperidine rings is 1. The topological polar surface area (TPSA) is 75.4 Å². The van der Waals surface area contributed by atoms with Crippen molar-refractivity contribution in [2.24, 2.45) is 5.92 Å². The summed E-state index contributed by atoms with van der Waals surface area (Å²) < 4.78 is 4.97. The van der Waals surface area contributed by atoms with E-state index in [1.165, 1.54) is 23.9 Å². The van der Waals surface area contributed by atoms with Crippen molar-refractivity contribution in [3.05, 3.63) is 34.7 Å². The number of carbonyl (C=O) groups is 2. The lowest BCUT2D eigenvalue weighted by Crippen LogP contribution is -2.43. The SMILES string of the molecule is CCc1nc(NC(=O)C2CCCN(C(=O)c3ccoc3)C2)sc1C. The van der Waals surface area contributed by atoms with Gasteiger partial charge in [0.1, 0.15) is 6.26 Å². The standard InChI is InChI=1S/C17H21N3O3S/c1-3-14-11(2)24-17(18-14)19-15(21)12-5-4-7-20(9-12)16(22)13-6-8-23-10-13/h6,8,10,12H,3-5,7,9H2,1-2H3,(H,18,19,21). The molecule has 128 valence electrons. The Hall–Kier alpha value is -2.15. The number of hydrogen-bond acceptors (Lipinski definition) is 5. The van der Waals surface area contributed by atoms with Gasteiger partial charge in [-0.1, -0.05) is 6.92 Å². The van der Waals surface area contributed by atoms with Gasteiger partial charge in [-0.3, -0.25) is 9.59 Å². The van der Waals surface area contributed by atoms with Crippen molar-refractivity contribution >= 4 is 28.3 Å². The Morgan fingerprint density at radius 3 is 3.00 bits per heavy atom. The fraction of sp³-hybridized carbons (Fsp3) is 0.471. The maximum atomic E-state index is 12.5. The van der Waals surface area contributed by atoms with Gasteiger partial charge in [0.15, 0.2) is 5.13 Å². The Morgan fingerprint density at radius 2 is 2.33 bits per heavy atom. The van der Waals surface area contributed by atoms with Gasteiger partial charge in [-0.25, -0.2) is 4.98 Å². The molecule has 0 aliphatic carbocycles. The van der Waals surface area contributed by atoms with Crippen LogP contribution in [0.25, 0.3) is 0 Å². The van der Waals surface area contributed by atoms with Crippen molar-refractivity contribution in [1.82, 2.24) is 9.88 Å². The van der Waals surface area contributed by atoms with Crippen LogP contribution in [-0.4, -0.2) is 34.8 Å². The molecule has 0 aromatic carbocycles. The van der Waals surface area contributed by atoms with Gasteiger partial charge in [0.25, 0.3) is 5.91 Å². The van der Waals surface area contributed by atoms with Gasteiger partial charge in [-0.2, -0.15) is 0 Å². The minimum atomic E-state index is -0.205. The van der Waals surface area contributed by atoms with Crippen molar-refractivity contribution < 1.29 is 14.0 Å². The van der Waals surface area contributed by atoms with Gasteiger partial charge < -0.3 is 14.6 Å². The highest BCUT2D eigenvalue weighted by Crippen LogP contribution is 2.25. The van der Waals surface area contributed by atoms with Crippen molar-refractivity contribution in [2.75, 3.05) is 18.4 Å². The van der Waals surface area contributed by atoms with Gasteiger partial charge in [0.05, 0.1) is 23.4 Å². The number of rotatable bonds is 4. The zero-order chi connectivity index (χ0) is 17.1. The van der Waals surface area contributed by atoms with E-state index >= 15 is 0 Å². The number of nitrogens with one attached hydrogen (secondary N) is 1. The molecule has 0 saturated carbocycles. The van der Waals surface area contributed by atoms with Crippen LogP contribution in [-0.2, 0) is 11.2 Å². The lowest BCUT2D eigenvalue weighted by Gasteiger charge is -2.31. The molecular formula is C17H21N3O3S. The number of anilines is 1. The predicted molar refractivity (Wildman–Crippen MR) is 92.2 cm³/mol. The van der Waals surface area contributed by atoms with Crippen LogP contribution in [0.1, 0.15) is 40.7 Å².